The molecule has 0 fully saturated rings. The van der Waals surface area contributed by atoms with Crippen molar-refractivity contribution < 1.29 is 0 Å². The van der Waals surface area contributed by atoms with Gasteiger partial charge in [-0.05, 0) is 214 Å². The largest absolute Gasteiger partial charge is 0.311 e. The first kappa shape index (κ1) is 49.9. The molecule has 3 heterocycles. The van der Waals surface area contributed by atoms with Crippen molar-refractivity contribution in [3.8, 4) is 0 Å². The number of benzene rings is 5. The summed E-state index contributed by atoms with van der Waals surface area (Å²) in [6, 6.07) is 31.4. The van der Waals surface area contributed by atoms with Gasteiger partial charge < -0.3 is 9.80 Å². The highest BCUT2D eigenvalue weighted by atomic mass is 32.1. The van der Waals surface area contributed by atoms with Gasteiger partial charge in [0.1, 0.15) is 0 Å². The predicted molar refractivity (Wildman–Crippen MR) is 318 cm³/mol. The van der Waals surface area contributed by atoms with E-state index in [9.17, 15) is 0 Å². The second kappa shape index (κ2) is 15.2. The summed E-state index contributed by atoms with van der Waals surface area (Å²) in [6.45, 7) is 51.7. The summed E-state index contributed by atoms with van der Waals surface area (Å²) in [5.41, 5.74) is 24.6. The number of nitrogens with zero attached hydrogens (tertiary/aromatic N) is 2. The fraction of sp³-hybridized carbons (Fsp3) is 0.529. The molecule has 0 unspecified atom stereocenters. The predicted octanol–water partition coefficient (Wildman–Crippen LogP) is 17.9. The monoisotopic (exact) mass is 975 g/mol. The maximum absolute atomic E-state index is 2.78. The molecule has 3 aliphatic carbocycles. The standard InChI is InChI=1S/C68H87BN2S/c1-60(2,3)40-30-41(61(4,5)6)32-44(31-40)70-53-38-50-49(66(16,17)27-28-67(50,18)19)37-52(53)69-57-45-36-48-51(68(20,21)29-26-65(48,14)15)39-56(45)72-59(57)71(55-34-42(62(7,8)9)33-54(70)58(55)69)43-22-23-46-47(35-43)64(12,13)25-24-63(46,10)11/h22-23,30-39H,24-29H2,1-21H3. The number of fused-ring (bicyclic) bond motifs is 9. The van der Waals surface area contributed by atoms with Crippen LogP contribution in [-0.2, 0) is 48.7 Å². The summed E-state index contributed by atoms with van der Waals surface area (Å²) in [6.07, 6.45) is 7.16. The lowest BCUT2D eigenvalue weighted by Gasteiger charge is -2.48. The van der Waals surface area contributed by atoms with Crippen molar-refractivity contribution in [2.24, 2.45) is 0 Å². The topological polar surface area (TPSA) is 6.48 Å². The molecule has 2 nitrogen and oxygen atoms in total. The Balaban J connectivity index is 1.34. The first-order valence-electron chi connectivity index (χ1n) is 27.9. The van der Waals surface area contributed by atoms with Crippen LogP contribution in [0.15, 0.2) is 72.8 Å². The number of thiophene rings is 1. The molecule has 0 bridgehead atoms. The molecular weight excluding hydrogens is 888 g/mol. The number of hydrogen-bond donors (Lipinski definition) is 0. The quantitative estimate of drug-likeness (QED) is 0.159. The van der Waals surface area contributed by atoms with Crippen molar-refractivity contribution in [3.63, 3.8) is 0 Å². The molecule has 0 N–H and O–H groups in total. The zero-order valence-electron chi connectivity index (χ0n) is 48.6. The van der Waals surface area contributed by atoms with Crippen LogP contribution in [0.3, 0.4) is 0 Å². The molecular formula is C68H87BN2S. The lowest BCUT2D eigenvalue weighted by molar-refractivity contribution is 0.332. The maximum atomic E-state index is 2.78. The van der Waals surface area contributed by atoms with Crippen LogP contribution in [0.1, 0.15) is 234 Å². The lowest BCUT2D eigenvalue weighted by atomic mass is 9.33. The number of hydrogen-bond acceptors (Lipinski definition) is 3. The van der Waals surface area contributed by atoms with Gasteiger partial charge in [-0.15, -0.1) is 11.3 Å². The van der Waals surface area contributed by atoms with Gasteiger partial charge in [-0.25, -0.2) is 0 Å². The molecule has 0 saturated heterocycles. The molecule has 0 saturated carbocycles. The van der Waals surface area contributed by atoms with Crippen molar-refractivity contribution >= 4 is 78.0 Å². The molecule has 72 heavy (non-hydrogen) atoms. The van der Waals surface area contributed by atoms with Gasteiger partial charge in [0.25, 0.3) is 6.71 Å². The Morgan fingerprint density at radius 2 is 0.806 bits per heavy atom. The summed E-state index contributed by atoms with van der Waals surface area (Å²) in [5, 5.41) is 2.85. The van der Waals surface area contributed by atoms with Crippen LogP contribution in [-0.4, -0.2) is 6.71 Å². The van der Waals surface area contributed by atoms with Crippen LogP contribution in [0.4, 0.5) is 33.4 Å². The van der Waals surface area contributed by atoms with Gasteiger partial charge in [-0.3, -0.25) is 0 Å². The Morgan fingerprint density at radius 3 is 1.31 bits per heavy atom. The van der Waals surface area contributed by atoms with Crippen molar-refractivity contribution in [2.45, 2.75) is 233 Å². The van der Waals surface area contributed by atoms with E-state index in [2.05, 4.69) is 239 Å². The SMILES string of the molecule is CC(C)(C)c1cc(N2c3cc4c(cc3B3c5c2cc(C(C)(C)C)cc5N(c2ccc5c(c2)C(C)(C)CCC5(C)C)c2sc5cc6c(cc5c23)C(C)(C)CCC6(C)C)C(C)(C)CCC4(C)C)cc(C(C)(C)C)c1. The Bertz CT molecular complexity index is 3240. The average Bonchev–Trinajstić information content (AvgIpc) is 3.64. The van der Waals surface area contributed by atoms with E-state index in [1.807, 2.05) is 0 Å². The van der Waals surface area contributed by atoms with E-state index in [0.29, 0.717) is 0 Å². The van der Waals surface area contributed by atoms with Crippen molar-refractivity contribution in [2.75, 3.05) is 9.80 Å². The Morgan fingerprint density at radius 1 is 0.389 bits per heavy atom. The van der Waals surface area contributed by atoms with Gasteiger partial charge in [0, 0.05) is 33.1 Å². The van der Waals surface area contributed by atoms with Gasteiger partial charge in [-0.2, -0.15) is 0 Å². The molecule has 4 heteroatoms. The van der Waals surface area contributed by atoms with E-state index < -0.39 is 0 Å². The van der Waals surface area contributed by atoms with Crippen LogP contribution in [0.25, 0.3) is 10.1 Å². The highest BCUT2D eigenvalue weighted by molar-refractivity contribution is 7.26. The molecule has 378 valence electrons. The first-order valence-corrected chi connectivity index (χ1v) is 28.7. The van der Waals surface area contributed by atoms with E-state index >= 15 is 0 Å². The van der Waals surface area contributed by atoms with Gasteiger partial charge in [0.05, 0.1) is 5.00 Å². The fourth-order valence-electron chi connectivity index (χ4n) is 13.9. The van der Waals surface area contributed by atoms with E-state index in [0.717, 1.165) is 0 Å². The third-order valence-electron chi connectivity index (χ3n) is 19.5. The van der Waals surface area contributed by atoms with Crippen LogP contribution in [0.2, 0.25) is 0 Å². The van der Waals surface area contributed by atoms with Crippen LogP contribution >= 0.6 is 11.3 Å². The van der Waals surface area contributed by atoms with Gasteiger partial charge in [0.2, 0.25) is 0 Å². The van der Waals surface area contributed by atoms with E-state index in [-0.39, 0.29) is 55.4 Å². The lowest BCUT2D eigenvalue weighted by Crippen LogP contribution is -2.61. The molecule has 0 spiro atoms. The van der Waals surface area contributed by atoms with Gasteiger partial charge in [0.15, 0.2) is 0 Å². The minimum absolute atomic E-state index is 0.0384. The number of anilines is 6. The summed E-state index contributed by atoms with van der Waals surface area (Å²) >= 11 is 2.06. The second-order valence-corrected chi connectivity index (χ2v) is 31.8. The highest BCUT2D eigenvalue weighted by Gasteiger charge is 2.50. The highest BCUT2D eigenvalue weighted by Crippen LogP contribution is 2.56. The van der Waals surface area contributed by atoms with E-state index in [1.165, 1.54) is 137 Å². The minimum Gasteiger partial charge on any atom is -0.311 e. The van der Waals surface area contributed by atoms with E-state index in [4.69, 9.17) is 0 Å². The maximum Gasteiger partial charge on any atom is 0.254 e. The van der Waals surface area contributed by atoms with E-state index in [1.54, 1.807) is 11.1 Å². The van der Waals surface area contributed by atoms with Crippen molar-refractivity contribution in [1.29, 1.82) is 0 Å². The average molecular weight is 975 g/mol. The molecule has 0 atom stereocenters. The summed E-state index contributed by atoms with van der Waals surface area (Å²) in [4.78, 5) is 5.55. The molecule has 1 aromatic heterocycles. The molecule has 5 aromatic carbocycles. The van der Waals surface area contributed by atoms with Crippen LogP contribution in [0, 0.1) is 0 Å². The molecule has 6 aromatic rings. The summed E-state index contributed by atoms with van der Waals surface area (Å²) < 4.78 is 1.43. The second-order valence-electron chi connectivity index (χ2n) is 30.8. The normalized spacial score (nSPS) is 20.8. The van der Waals surface area contributed by atoms with Crippen LogP contribution in [0.5, 0.6) is 0 Å². The first-order chi connectivity index (χ1) is 33.0. The molecule has 2 aliphatic heterocycles. The third-order valence-corrected chi connectivity index (χ3v) is 20.7. The zero-order valence-corrected chi connectivity index (χ0v) is 49.4. The van der Waals surface area contributed by atoms with Crippen molar-refractivity contribution in [1.82, 2.24) is 0 Å². The number of rotatable bonds is 2. The molecule has 0 amide bonds. The molecule has 5 aliphatic rings. The van der Waals surface area contributed by atoms with Crippen LogP contribution < -0.4 is 26.2 Å². The zero-order chi connectivity index (χ0) is 52.2. The Kier molecular flexibility index (Phi) is 10.5. The summed E-state index contributed by atoms with van der Waals surface area (Å²) in [5.74, 6) is 0. The fourth-order valence-corrected chi connectivity index (χ4v) is 15.2. The smallest absolute Gasteiger partial charge is 0.254 e. The van der Waals surface area contributed by atoms with Gasteiger partial charge >= 0.3 is 0 Å². The third kappa shape index (κ3) is 7.49. The Hall–Kier alpha value is -4.28. The minimum atomic E-state index is -0.108. The molecule has 0 radical (unpaired) electrons. The molecule has 11 rings (SSSR count). The van der Waals surface area contributed by atoms with Gasteiger partial charge in [-0.1, -0.05) is 164 Å². The van der Waals surface area contributed by atoms with Crippen molar-refractivity contribution in [3.05, 3.63) is 123 Å². The Labute approximate surface area is 440 Å². The summed E-state index contributed by atoms with van der Waals surface area (Å²) in [7, 11) is 0.